The van der Waals surface area contributed by atoms with Crippen LogP contribution in [-0.2, 0) is 9.53 Å². The number of hydrogen-bond acceptors (Lipinski definition) is 3. The van der Waals surface area contributed by atoms with E-state index >= 15 is 0 Å². The smallest absolute Gasteiger partial charge is 0.246 e. The summed E-state index contributed by atoms with van der Waals surface area (Å²) < 4.78 is 5.07. The molecule has 1 amide bonds. The van der Waals surface area contributed by atoms with Crippen molar-refractivity contribution < 1.29 is 9.53 Å². The Bertz CT molecular complexity index is 352. The van der Waals surface area contributed by atoms with Gasteiger partial charge in [0.25, 0.3) is 0 Å². The summed E-state index contributed by atoms with van der Waals surface area (Å²) in [6.45, 7) is 3.15. The van der Waals surface area contributed by atoms with Gasteiger partial charge in [0.2, 0.25) is 5.91 Å². The van der Waals surface area contributed by atoms with E-state index < -0.39 is 0 Å². The van der Waals surface area contributed by atoms with Gasteiger partial charge < -0.3 is 15.0 Å². The van der Waals surface area contributed by atoms with Gasteiger partial charge in [-0.15, -0.1) is 0 Å². The van der Waals surface area contributed by atoms with Crippen LogP contribution in [0.25, 0.3) is 0 Å². The second-order valence-electron chi connectivity index (χ2n) is 4.33. The monoisotopic (exact) mass is 250 g/mol. The molecule has 0 radical (unpaired) electrons. The molecule has 1 N–H and O–H groups in total. The predicted octanol–water partition coefficient (Wildman–Crippen LogP) is 1.44. The SMILES string of the molecule is CCOCC(=O)NC[C@H](c1ccccc1)N(C)C. The van der Waals surface area contributed by atoms with E-state index in [1.165, 1.54) is 5.56 Å². The van der Waals surface area contributed by atoms with Crippen molar-refractivity contribution in [1.82, 2.24) is 10.2 Å². The third kappa shape index (κ3) is 4.85. The number of nitrogens with zero attached hydrogens (tertiary/aromatic N) is 1. The molecule has 0 bridgehead atoms. The molecule has 18 heavy (non-hydrogen) atoms. The molecule has 1 atom stereocenters. The number of benzene rings is 1. The Balaban J connectivity index is 2.52. The van der Waals surface area contributed by atoms with Gasteiger partial charge in [0.1, 0.15) is 6.61 Å². The van der Waals surface area contributed by atoms with E-state index in [-0.39, 0.29) is 18.6 Å². The number of amides is 1. The lowest BCUT2D eigenvalue weighted by Gasteiger charge is -2.25. The fourth-order valence-corrected chi connectivity index (χ4v) is 1.73. The van der Waals surface area contributed by atoms with Crippen molar-refractivity contribution in [2.24, 2.45) is 0 Å². The van der Waals surface area contributed by atoms with E-state index in [1.807, 2.05) is 39.2 Å². The van der Waals surface area contributed by atoms with Crippen LogP contribution in [-0.4, -0.2) is 44.7 Å². The number of rotatable bonds is 7. The van der Waals surface area contributed by atoms with Gasteiger partial charge in [0.05, 0.1) is 6.04 Å². The Labute approximate surface area is 109 Å². The van der Waals surface area contributed by atoms with Crippen LogP contribution < -0.4 is 5.32 Å². The van der Waals surface area contributed by atoms with Crippen LogP contribution in [0.4, 0.5) is 0 Å². The standard InChI is InChI=1S/C14H22N2O2/c1-4-18-11-14(17)15-10-13(16(2)3)12-8-6-5-7-9-12/h5-9,13H,4,10-11H2,1-3H3,(H,15,17)/t13-/m1/s1. The number of carbonyl (C=O) groups excluding carboxylic acids is 1. The molecule has 4 heteroatoms. The predicted molar refractivity (Wildman–Crippen MR) is 72.4 cm³/mol. The van der Waals surface area contributed by atoms with Crippen molar-refractivity contribution in [2.75, 3.05) is 33.9 Å². The molecule has 0 aliphatic carbocycles. The van der Waals surface area contributed by atoms with Crippen LogP contribution in [0.1, 0.15) is 18.5 Å². The zero-order valence-corrected chi connectivity index (χ0v) is 11.3. The van der Waals surface area contributed by atoms with E-state index in [0.29, 0.717) is 13.2 Å². The van der Waals surface area contributed by atoms with Crippen LogP contribution in [0.5, 0.6) is 0 Å². The molecule has 100 valence electrons. The van der Waals surface area contributed by atoms with E-state index in [0.717, 1.165) is 0 Å². The van der Waals surface area contributed by atoms with Gasteiger partial charge in [0.15, 0.2) is 0 Å². The van der Waals surface area contributed by atoms with E-state index in [4.69, 9.17) is 4.74 Å². The first-order valence-corrected chi connectivity index (χ1v) is 6.21. The van der Waals surface area contributed by atoms with E-state index in [1.54, 1.807) is 0 Å². The Kier molecular flexibility index (Phi) is 6.39. The number of hydrogen-bond donors (Lipinski definition) is 1. The molecule has 0 fully saturated rings. The average Bonchev–Trinajstić information content (AvgIpc) is 2.37. The fraction of sp³-hybridized carbons (Fsp3) is 0.500. The molecule has 1 rings (SSSR count). The van der Waals surface area contributed by atoms with Crippen molar-refractivity contribution >= 4 is 5.91 Å². The van der Waals surface area contributed by atoms with Crippen molar-refractivity contribution in [2.45, 2.75) is 13.0 Å². The highest BCUT2D eigenvalue weighted by Gasteiger charge is 2.14. The summed E-state index contributed by atoms with van der Waals surface area (Å²) in [5.74, 6) is -0.0698. The van der Waals surface area contributed by atoms with Crippen LogP contribution in [0.2, 0.25) is 0 Å². The lowest BCUT2D eigenvalue weighted by molar-refractivity contribution is -0.125. The van der Waals surface area contributed by atoms with Gasteiger partial charge in [-0.1, -0.05) is 30.3 Å². The lowest BCUT2D eigenvalue weighted by atomic mass is 10.1. The van der Waals surface area contributed by atoms with Crippen molar-refractivity contribution in [3.63, 3.8) is 0 Å². The maximum Gasteiger partial charge on any atom is 0.246 e. The Hall–Kier alpha value is -1.39. The molecular formula is C14H22N2O2. The van der Waals surface area contributed by atoms with Gasteiger partial charge >= 0.3 is 0 Å². The highest BCUT2D eigenvalue weighted by atomic mass is 16.5. The quantitative estimate of drug-likeness (QED) is 0.796. The molecule has 0 saturated heterocycles. The van der Waals surface area contributed by atoms with Gasteiger partial charge in [-0.2, -0.15) is 0 Å². The van der Waals surface area contributed by atoms with Crippen LogP contribution in [0.3, 0.4) is 0 Å². The zero-order valence-electron chi connectivity index (χ0n) is 11.3. The summed E-state index contributed by atoms with van der Waals surface area (Å²) >= 11 is 0. The minimum absolute atomic E-state index is 0.0698. The van der Waals surface area contributed by atoms with Crippen LogP contribution in [0, 0.1) is 0 Å². The molecule has 0 saturated carbocycles. The average molecular weight is 250 g/mol. The summed E-state index contributed by atoms with van der Waals surface area (Å²) in [6.07, 6.45) is 0. The topological polar surface area (TPSA) is 41.6 Å². The molecule has 0 aliphatic rings. The molecule has 0 aromatic heterocycles. The highest BCUT2D eigenvalue weighted by Crippen LogP contribution is 2.16. The van der Waals surface area contributed by atoms with E-state index in [9.17, 15) is 4.79 Å². The second-order valence-corrected chi connectivity index (χ2v) is 4.33. The summed E-state index contributed by atoms with van der Waals surface area (Å²) in [5, 5.41) is 2.89. The van der Waals surface area contributed by atoms with Gasteiger partial charge in [-0.3, -0.25) is 4.79 Å². The van der Waals surface area contributed by atoms with Crippen LogP contribution >= 0.6 is 0 Å². The van der Waals surface area contributed by atoms with Crippen molar-refractivity contribution in [3.05, 3.63) is 35.9 Å². The minimum atomic E-state index is -0.0698. The summed E-state index contributed by atoms with van der Waals surface area (Å²) in [5.41, 5.74) is 1.19. The summed E-state index contributed by atoms with van der Waals surface area (Å²) in [4.78, 5) is 13.6. The zero-order chi connectivity index (χ0) is 13.4. The molecule has 0 spiro atoms. The first kappa shape index (κ1) is 14.7. The minimum Gasteiger partial charge on any atom is -0.372 e. The first-order valence-electron chi connectivity index (χ1n) is 6.21. The number of likely N-dealkylation sites (N-methyl/N-ethyl adjacent to an activating group) is 1. The first-order chi connectivity index (χ1) is 8.65. The van der Waals surface area contributed by atoms with Gasteiger partial charge in [-0.05, 0) is 26.6 Å². The fourth-order valence-electron chi connectivity index (χ4n) is 1.73. The highest BCUT2D eigenvalue weighted by molar-refractivity contribution is 5.77. The maximum atomic E-state index is 11.5. The molecule has 1 aromatic carbocycles. The molecular weight excluding hydrogens is 228 g/mol. The van der Waals surface area contributed by atoms with E-state index in [2.05, 4.69) is 22.3 Å². The number of nitrogens with one attached hydrogen (secondary N) is 1. The maximum absolute atomic E-state index is 11.5. The Morgan fingerprint density at radius 1 is 1.33 bits per heavy atom. The molecule has 4 nitrogen and oxygen atoms in total. The number of carbonyl (C=O) groups is 1. The molecule has 1 aromatic rings. The van der Waals surface area contributed by atoms with Crippen molar-refractivity contribution in [1.29, 1.82) is 0 Å². The molecule has 0 aliphatic heterocycles. The normalized spacial score (nSPS) is 12.4. The number of ether oxygens (including phenoxy) is 1. The van der Waals surface area contributed by atoms with Crippen molar-refractivity contribution in [3.8, 4) is 0 Å². The third-order valence-corrected chi connectivity index (χ3v) is 2.74. The van der Waals surface area contributed by atoms with Crippen LogP contribution in [0.15, 0.2) is 30.3 Å². The molecule has 0 unspecified atom stereocenters. The molecule has 0 heterocycles. The van der Waals surface area contributed by atoms with Gasteiger partial charge in [-0.25, -0.2) is 0 Å². The van der Waals surface area contributed by atoms with Gasteiger partial charge in [0, 0.05) is 13.2 Å². The summed E-state index contributed by atoms with van der Waals surface area (Å²) in [6, 6.07) is 10.3. The Morgan fingerprint density at radius 3 is 2.56 bits per heavy atom. The lowest BCUT2D eigenvalue weighted by Crippen LogP contribution is -2.36. The second kappa shape index (κ2) is 7.84. The third-order valence-electron chi connectivity index (χ3n) is 2.74. The summed E-state index contributed by atoms with van der Waals surface area (Å²) in [7, 11) is 4.01. The largest absolute Gasteiger partial charge is 0.372 e. The Morgan fingerprint density at radius 2 is 2.00 bits per heavy atom.